The Balaban J connectivity index is 2.24. The van der Waals surface area contributed by atoms with Crippen LogP contribution in [0.15, 0.2) is 12.1 Å². The van der Waals surface area contributed by atoms with Gasteiger partial charge >= 0.3 is 0 Å². The molecule has 0 unspecified atom stereocenters. The molecule has 0 radical (unpaired) electrons. The predicted molar refractivity (Wildman–Crippen MR) is 77.4 cm³/mol. The van der Waals surface area contributed by atoms with E-state index in [0.717, 1.165) is 6.07 Å². The monoisotopic (exact) mass is 327 g/mol. The third-order valence-corrected chi connectivity index (χ3v) is 4.21. The molecule has 1 aliphatic heterocycles. The molecule has 0 aliphatic carbocycles. The summed E-state index contributed by atoms with van der Waals surface area (Å²) in [4.78, 5) is 24.2. The van der Waals surface area contributed by atoms with Gasteiger partial charge in [-0.25, -0.2) is 0 Å². The maximum atomic E-state index is 12.4. The van der Waals surface area contributed by atoms with Gasteiger partial charge in [0.2, 0.25) is 0 Å². The summed E-state index contributed by atoms with van der Waals surface area (Å²) in [5, 5.41) is 19.5. The van der Waals surface area contributed by atoms with E-state index in [9.17, 15) is 14.9 Å². The third-order valence-electron chi connectivity index (χ3n) is 3.42. The molecule has 0 spiro atoms. The first-order valence-corrected chi connectivity index (χ1v) is 7.02. The van der Waals surface area contributed by atoms with Crippen molar-refractivity contribution in [2.24, 2.45) is 5.92 Å². The summed E-state index contributed by atoms with van der Waals surface area (Å²) in [5.74, 6) is -0.384. The second-order valence-electron chi connectivity index (χ2n) is 4.74. The number of likely N-dealkylation sites (tertiary alicyclic amines) is 1. The molecule has 1 aromatic carbocycles. The fourth-order valence-electron chi connectivity index (χ4n) is 2.23. The predicted octanol–water partition coefficient (Wildman–Crippen LogP) is 3.28. The van der Waals surface area contributed by atoms with Crippen LogP contribution in [0.4, 0.5) is 5.69 Å². The van der Waals surface area contributed by atoms with E-state index in [1.165, 1.54) is 6.07 Å². The molecule has 0 atom stereocenters. The maximum absolute atomic E-state index is 12.4. The molecular formula is C13H11Cl2N3O3. The van der Waals surface area contributed by atoms with E-state index in [1.54, 1.807) is 4.90 Å². The summed E-state index contributed by atoms with van der Waals surface area (Å²) in [6, 6.07) is 4.64. The zero-order chi connectivity index (χ0) is 15.6. The quantitative estimate of drug-likeness (QED) is 0.616. The smallest absolute Gasteiger partial charge is 0.290 e. The molecule has 1 fully saturated rings. The summed E-state index contributed by atoms with van der Waals surface area (Å²) in [5.41, 5.74) is -0.258. The number of nitro groups is 1. The lowest BCUT2D eigenvalue weighted by Gasteiger charge is -2.29. The molecule has 1 aromatic rings. The number of halogens is 2. The Labute approximate surface area is 131 Å². The van der Waals surface area contributed by atoms with E-state index in [4.69, 9.17) is 28.5 Å². The van der Waals surface area contributed by atoms with Crippen LogP contribution in [0.2, 0.25) is 10.0 Å². The number of nitro benzene ring substituents is 1. The van der Waals surface area contributed by atoms with Gasteiger partial charge in [0, 0.05) is 30.6 Å². The van der Waals surface area contributed by atoms with Crippen LogP contribution >= 0.6 is 23.2 Å². The third kappa shape index (κ3) is 3.26. The van der Waals surface area contributed by atoms with Gasteiger partial charge in [-0.05, 0) is 18.9 Å². The minimum atomic E-state index is -0.674. The van der Waals surface area contributed by atoms with Crippen LogP contribution in [0.1, 0.15) is 23.2 Å². The highest BCUT2D eigenvalue weighted by atomic mass is 35.5. The van der Waals surface area contributed by atoms with Gasteiger partial charge in [-0.2, -0.15) is 5.26 Å². The van der Waals surface area contributed by atoms with Crippen molar-refractivity contribution in [3.63, 3.8) is 0 Å². The van der Waals surface area contributed by atoms with Crippen LogP contribution in [0, 0.1) is 27.4 Å². The van der Waals surface area contributed by atoms with E-state index in [0.29, 0.717) is 25.9 Å². The van der Waals surface area contributed by atoms with Gasteiger partial charge in [-0.1, -0.05) is 23.2 Å². The molecule has 1 heterocycles. The number of benzene rings is 1. The Morgan fingerprint density at radius 2 is 2.00 bits per heavy atom. The van der Waals surface area contributed by atoms with Crippen molar-refractivity contribution < 1.29 is 9.72 Å². The van der Waals surface area contributed by atoms with Crippen molar-refractivity contribution in [3.8, 4) is 6.07 Å². The Hall–Kier alpha value is -1.84. The lowest BCUT2D eigenvalue weighted by Crippen LogP contribution is -2.38. The van der Waals surface area contributed by atoms with Crippen LogP contribution in [-0.4, -0.2) is 28.8 Å². The number of amides is 1. The number of piperidine rings is 1. The van der Waals surface area contributed by atoms with E-state index < -0.39 is 4.92 Å². The topological polar surface area (TPSA) is 87.2 Å². The molecule has 8 heteroatoms. The summed E-state index contributed by atoms with van der Waals surface area (Å²) >= 11 is 11.6. The van der Waals surface area contributed by atoms with Crippen molar-refractivity contribution in [1.29, 1.82) is 5.26 Å². The molecule has 0 aromatic heterocycles. The van der Waals surface area contributed by atoms with Gasteiger partial charge in [-0.15, -0.1) is 0 Å². The zero-order valence-electron chi connectivity index (χ0n) is 10.9. The number of carbonyl (C=O) groups excluding carboxylic acids is 1. The van der Waals surface area contributed by atoms with Gasteiger partial charge < -0.3 is 4.90 Å². The number of rotatable bonds is 2. The molecule has 1 amide bonds. The van der Waals surface area contributed by atoms with Gasteiger partial charge in [0.15, 0.2) is 0 Å². The fourth-order valence-corrected chi connectivity index (χ4v) is 2.62. The number of nitrogens with zero attached hydrogens (tertiary/aromatic N) is 3. The highest BCUT2D eigenvalue weighted by molar-refractivity contribution is 6.43. The van der Waals surface area contributed by atoms with Crippen molar-refractivity contribution in [3.05, 3.63) is 37.9 Å². The fraction of sp³-hybridized carbons (Fsp3) is 0.385. The average molecular weight is 328 g/mol. The van der Waals surface area contributed by atoms with Gasteiger partial charge in [-0.3, -0.25) is 14.9 Å². The standard InChI is InChI=1S/C13H11Cl2N3O3/c14-10-5-9(6-11(12(10)15)18(20)21)13(19)17-3-1-8(7-16)2-4-17/h5-6,8H,1-4H2. The van der Waals surface area contributed by atoms with Crippen LogP contribution in [0.3, 0.4) is 0 Å². The molecule has 1 aliphatic rings. The van der Waals surface area contributed by atoms with E-state index in [1.807, 2.05) is 0 Å². The lowest BCUT2D eigenvalue weighted by molar-refractivity contribution is -0.384. The first-order chi connectivity index (χ1) is 9.93. The number of carbonyl (C=O) groups is 1. The molecule has 6 nitrogen and oxygen atoms in total. The Kier molecular flexibility index (Phi) is 4.66. The first-order valence-electron chi connectivity index (χ1n) is 6.26. The second-order valence-corrected chi connectivity index (χ2v) is 5.53. The van der Waals surface area contributed by atoms with Crippen LogP contribution in [-0.2, 0) is 0 Å². The second kappa shape index (κ2) is 6.29. The van der Waals surface area contributed by atoms with Gasteiger partial charge in [0.25, 0.3) is 11.6 Å². The van der Waals surface area contributed by atoms with E-state index in [-0.39, 0.29) is 33.1 Å². The zero-order valence-corrected chi connectivity index (χ0v) is 12.4. The highest BCUT2D eigenvalue weighted by Crippen LogP contribution is 2.33. The SMILES string of the molecule is N#CC1CCN(C(=O)c2cc(Cl)c(Cl)c([N+](=O)[O-])c2)CC1. The lowest BCUT2D eigenvalue weighted by atomic mass is 9.98. The molecule has 2 rings (SSSR count). The van der Waals surface area contributed by atoms with E-state index >= 15 is 0 Å². The van der Waals surface area contributed by atoms with Crippen LogP contribution in [0.5, 0.6) is 0 Å². The van der Waals surface area contributed by atoms with Crippen molar-refractivity contribution in [2.75, 3.05) is 13.1 Å². The molecule has 0 saturated carbocycles. The summed E-state index contributed by atoms with van der Waals surface area (Å²) in [6.07, 6.45) is 1.21. The maximum Gasteiger partial charge on any atom is 0.290 e. The number of hydrogen-bond donors (Lipinski definition) is 0. The van der Waals surface area contributed by atoms with Crippen LogP contribution < -0.4 is 0 Å². The minimum Gasteiger partial charge on any atom is -0.339 e. The highest BCUT2D eigenvalue weighted by Gasteiger charge is 2.26. The summed E-state index contributed by atoms with van der Waals surface area (Å²) in [6.45, 7) is 0.899. The summed E-state index contributed by atoms with van der Waals surface area (Å²) in [7, 11) is 0. The Bertz CT molecular complexity index is 634. The molecular weight excluding hydrogens is 317 g/mol. The number of hydrogen-bond acceptors (Lipinski definition) is 4. The molecule has 1 saturated heterocycles. The molecule has 110 valence electrons. The van der Waals surface area contributed by atoms with Crippen molar-refractivity contribution in [2.45, 2.75) is 12.8 Å². The average Bonchev–Trinajstić information content (AvgIpc) is 2.49. The number of nitriles is 1. The normalized spacial score (nSPS) is 15.6. The largest absolute Gasteiger partial charge is 0.339 e. The minimum absolute atomic E-state index is 0.0267. The van der Waals surface area contributed by atoms with E-state index in [2.05, 4.69) is 6.07 Å². The van der Waals surface area contributed by atoms with Crippen molar-refractivity contribution in [1.82, 2.24) is 4.90 Å². The Morgan fingerprint density at radius 1 is 1.38 bits per heavy atom. The van der Waals surface area contributed by atoms with Gasteiger partial charge in [0.05, 0.1) is 16.0 Å². The molecule has 21 heavy (non-hydrogen) atoms. The molecule has 0 N–H and O–H groups in total. The van der Waals surface area contributed by atoms with Gasteiger partial charge in [0.1, 0.15) is 5.02 Å². The summed E-state index contributed by atoms with van der Waals surface area (Å²) < 4.78 is 0. The molecule has 0 bridgehead atoms. The Morgan fingerprint density at radius 3 is 2.52 bits per heavy atom. The van der Waals surface area contributed by atoms with Crippen LogP contribution in [0.25, 0.3) is 0 Å². The first kappa shape index (κ1) is 15.5. The van der Waals surface area contributed by atoms with Crippen molar-refractivity contribution >= 4 is 34.8 Å².